The van der Waals surface area contributed by atoms with Gasteiger partial charge in [-0.1, -0.05) is 41.9 Å². The van der Waals surface area contributed by atoms with E-state index in [1.54, 1.807) is 0 Å². The van der Waals surface area contributed by atoms with Gasteiger partial charge in [0.25, 0.3) is 0 Å². The standard InChI is InChI=1S/C15H20BrN3/c1-3-15(17,4-2)10-19-14-12-6-5-7-13(16)11(12)8-9-18-14/h5-9H,3-4,10,17H2,1-2H3,(H,18,19). The number of anilines is 1. The maximum absolute atomic E-state index is 6.32. The van der Waals surface area contributed by atoms with Crippen LogP contribution in [0.2, 0.25) is 0 Å². The van der Waals surface area contributed by atoms with Gasteiger partial charge in [0.1, 0.15) is 5.82 Å². The zero-order valence-corrected chi connectivity index (χ0v) is 13.0. The molecule has 0 aliphatic carbocycles. The molecule has 3 N–H and O–H groups in total. The highest BCUT2D eigenvalue weighted by atomic mass is 79.9. The minimum Gasteiger partial charge on any atom is -0.368 e. The Labute approximate surface area is 122 Å². The second-order valence-corrected chi connectivity index (χ2v) is 5.77. The van der Waals surface area contributed by atoms with Crippen molar-refractivity contribution in [1.82, 2.24) is 4.98 Å². The molecule has 2 aromatic rings. The van der Waals surface area contributed by atoms with Crippen LogP contribution >= 0.6 is 15.9 Å². The monoisotopic (exact) mass is 321 g/mol. The summed E-state index contributed by atoms with van der Waals surface area (Å²) in [5.41, 5.74) is 6.15. The van der Waals surface area contributed by atoms with Crippen molar-refractivity contribution in [3.63, 3.8) is 0 Å². The number of nitrogens with two attached hydrogens (primary N) is 1. The fraction of sp³-hybridized carbons (Fsp3) is 0.400. The number of benzene rings is 1. The number of nitrogens with zero attached hydrogens (tertiary/aromatic N) is 1. The maximum Gasteiger partial charge on any atom is 0.133 e. The smallest absolute Gasteiger partial charge is 0.133 e. The molecule has 0 amide bonds. The van der Waals surface area contributed by atoms with E-state index in [0.29, 0.717) is 0 Å². The first-order chi connectivity index (χ1) is 9.09. The molecule has 0 saturated heterocycles. The van der Waals surface area contributed by atoms with Crippen LogP contribution in [0.3, 0.4) is 0 Å². The second-order valence-electron chi connectivity index (χ2n) is 4.92. The van der Waals surface area contributed by atoms with E-state index in [1.165, 1.54) is 0 Å². The van der Waals surface area contributed by atoms with Crippen LogP contribution in [0, 0.1) is 0 Å². The zero-order chi connectivity index (χ0) is 13.9. The summed E-state index contributed by atoms with van der Waals surface area (Å²) in [6.45, 7) is 4.98. The van der Waals surface area contributed by atoms with Gasteiger partial charge in [-0.15, -0.1) is 0 Å². The lowest BCUT2D eigenvalue weighted by Gasteiger charge is -2.27. The van der Waals surface area contributed by atoms with E-state index >= 15 is 0 Å². The van der Waals surface area contributed by atoms with Crippen molar-refractivity contribution in [1.29, 1.82) is 0 Å². The van der Waals surface area contributed by atoms with Gasteiger partial charge in [0.2, 0.25) is 0 Å². The lowest BCUT2D eigenvalue weighted by atomic mass is 9.94. The molecular weight excluding hydrogens is 302 g/mol. The van der Waals surface area contributed by atoms with Gasteiger partial charge in [0.05, 0.1) is 0 Å². The van der Waals surface area contributed by atoms with E-state index in [4.69, 9.17) is 5.73 Å². The van der Waals surface area contributed by atoms with Gasteiger partial charge in [0, 0.05) is 33.5 Å². The molecule has 0 saturated carbocycles. The molecule has 0 atom stereocenters. The Morgan fingerprint density at radius 1 is 1.21 bits per heavy atom. The summed E-state index contributed by atoms with van der Waals surface area (Å²) in [7, 11) is 0. The molecule has 3 nitrogen and oxygen atoms in total. The summed E-state index contributed by atoms with van der Waals surface area (Å²) in [6, 6.07) is 8.15. The molecule has 0 unspecified atom stereocenters. The number of aromatic nitrogens is 1. The van der Waals surface area contributed by atoms with Crippen LogP contribution in [0.5, 0.6) is 0 Å². The van der Waals surface area contributed by atoms with Crippen molar-refractivity contribution < 1.29 is 0 Å². The topological polar surface area (TPSA) is 50.9 Å². The van der Waals surface area contributed by atoms with Gasteiger partial charge in [-0.05, 0) is 25.0 Å². The lowest BCUT2D eigenvalue weighted by Crippen LogP contribution is -2.45. The Morgan fingerprint density at radius 3 is 2.63 bits per heavy atom. The van der Waals surface area contributed by atoms with Gasteiger partial charge in [-0.25, -0.2) is 4.98 Å². The summed E-state index contributed by atoms with van der Waals surface area (Å²) in [5, 5.41) is 5.68. The predicted octanol–water partition coefficient (Wildman–Crippen LogP) is 3.93. The first-order valence-corrected chi connectivity index (χ1v) is 7.45. The summed E-state index contributed by atoms with van der Waals surface area (Å²) in [6.07, 6.45) is 3.72. The van der Waals surface area contributed by atoms with Gasteiger partial charge in [0.15, 0.2) is 0 Å². The van der Waals surface area contributed by atoms with Crippen LogP contribution in [-0.2, 0) is 0 Å². The van der Waals surface area contributed by atoms with Gasteiger partial charge in [-0.3, -0.25) is 0 Å². The van der Waals surface area contributed by atoms with E-state index in [-0.39, 0.29) is 5.54 Å². The normalized spacial score (nSPS) is 11.8. The molecular formula is C15H20BrN3. The minimum absolute atomic E-state index is 0.171. The SMILES string of the molecule is CCC(N)(CC)CNc1nccc2c(Br)cccc12. The number of hydrogen-bond acceptors (Lipinski definition) is 3. The lowest BCUT2D eigenvalue weighted by molar-refractivity contribution is 0.418. The third kappa shape index (κ3) is 3.07. The van der Waals surface area contributed by atoms with Crippen LogP contribution in [0.25, 0.3) is 10.8 Å². The number of pyridine rings is 1. The molecule has 0 aliphatic heterocycles. The summed E-state index contributed by atoms with van der Waals surface area (Å²) < 4.78 is 1.08. The van der Waals surface area contributed by atoms with Crippen molar-refractivity contribution in [3.8, 4) is 0 Å². The van der Waals surface area contributed by atoms with Gasteiger partial charge < -0.3 is 11.1 Å². The highest BCUT2D eigenvalue weighted by molar-refractivity contribution is 9.10. The third-order valence-corrected chi connectivity index (χ3v) is 4.46. The number of halogens is 1. The van der Waals surface area contributed by atoms with E-state index in [0.717, 1.165) is 40.4 Å². The molecule has 102 valence electrons. The van der Waals surface area contributed by atoms with Gasteiger partial charge in [-0.2, -0.15) is 0 Å². The first kappa shape index (κ1) is 14.3. The Balaban J connectivity index is 2.29. The van der Waals surface area contributed by atoms with E-state index in [1.807, 2.05) is 24.4 Å². The van der Waals surface area contributed by atoms with Crippen LogP contribution in [0.1, 0.15) is 26.7 Å². The zero-order valence-electron chi connectivity index (χ0n) is 11.4. The summed E-state index contributed by atoms with van der Waals surface area (Å²) in [5.74, 6) is 0.899. The van der Waals surface area contributed by atoms with Crippen molar-refractivity contribution >= 4 is 32.5 Å². The molecule has 0 bridgehead atoms. The van der Waals surface area contributed by atoms with Crippen LogP contribution in [-0.4, -0.2) is 17.1 Å². The van der Waals surface area contributed by atoms with Gasteiger partial charge >= 0.3 is 0 Å². The van der Waals surface area contributed by atoms with E-state index < -0.39 is 0 Å². The Kier molecular flexibility index (Phi) is 4.42. The molecule has 4 heteroatoms. The number of rotatable bonds is 5. The van der Waals surface area contributed by atoms with Crippen molar-refractivity contribution in [3.05, 3.63) is 34.9 Å². The fourth-order valence-corrected chi connectivity index (χ4v) is 2.57. The van der Waals surface area contributed by atoms with Crippen LogP contribution in [0.4, 0.5) is 5.82 Å². The largest absolute Gasteiger partial charge is 0.368 e. The van der Waals surface area contributed by atoms with E-state index in [9.17, 15) is 0 Å². The minimum atomic E-state index is -0.171. The number of hydrogen-bond donors (Lipinski definition) is 2. The predicted molar refractivity (Wildman–Crippen MR) is 85.4 cm³/mol. The molecule has 2 rings (SSSR count). The molecule has 19 heavy (non-hydrogen) atoms. The van der Waals surface area contributed by atoms with Crippen LogP contribution in [0.15, 0.2) is 34.9 Å². The van der Waals surface area contributed by atoms with Crippen molar-refractivity contribution in [2.45, 2.75) is 32.2 Å². The third-order valence-electron chi connectivity index (χ3n) is 3.77. The molecule has 1 aromatic carbocycles. The first-order valence-electron chi connectivity index (χ1n) is 6.65. The molecule has 0 fully saturated rings. The Bertz CT molecular complexity index is 564. The molecule has 1 heterocycles. The number of nitrogens with one attached hydrogen (secondary N) is 1. The summed E-state index contributed by atoms with van der Waals surface area (Å²) >= 11 is 3.57. The quantitative estimate of drug-likeness (QED) is 0.877. The summed E-state index contributed by atoms with van der Waals surface area (Å²) in [4.78, 5) is 4.43. The molecule has 1 aromatic heterocycles. The second kappa shape index (κ2) is 5.88. The molecule has 0 spiro atoms. The Hall–Kier alpha value is -1.13. The highest BCUT2D eigenvalue weighted by Gasteiger charge is 2.20. The Morgan fingerprint density at radius 2 is 1.95 bits per heavy atom. The van der Waals surface area contributed by atoms with Crippen LogP contribution < -0.4 is 11.1 Å². The number of fused-ring (bicyclic) bond motifs is 1. The average molecular weight is 322 g/mol. The fourth-order valence-electron chi connectivity index (χ4n) is 2.07. The van der Waals surface area contributed by atoms with Crippen molar-refractivity contribution in [2.75, 3.05) is 11.9 Å². The molecule has 0 radical (unpaired) electrons. The highest BCUT2D eigenvalue weighted by Crippen LogP contribution is 2.28. The molecule has 0 aliphatic rings. The average Bonchev–Trinajstić information content (AvgIpc) is 2.45. The van der Waals surface area contributed by atoms with Crippen molar-refractivity contribution in [2.24, 2.45) is 5.73 Å². The maximum atomic E-state index is 6.32. The van der Waals surface area contributed by atoms with E-state index in [2.05, 4.69) is 46.1 Å².